The van der Waals surface area contributed by atoms with Gasteiger partial charge in [0.2, 0.25) is 5.91 Å². The van der Waals surface area contributed by atoms with Crippen molar-refractivity contribution < 1.29 is 37.4 Å². The lowest BCUT2D eigenvalue weighted by Crippen LogP contribution is -2.41. The van der Waals surface area contributed by atoms with Gasteiger partial charge in [-0.1, -0.05) is 24.8 Å². The van der Waals surface area contributed by atoms with Crippen LogP contribution in [0.5, 0.6) is 0 Å². The zero-order valence-corrected chi connectivity index (χ0v) is 14.9. The van der Waals surface area contributed by atoms with Crippen molar-refractivity contribution in [3.8, 4) is 0 Å². The molecule has 154 valence electrons. The molecule has 1 atom stereocenters. The van der Waals surface area contributed by atoms with E-state index in [4.69, 9.17) is 9.84 Å². The van der Waals surface area contributed by atoms with Gasteiger partial charge in [-0.2, -0.15) is 13.2 Å². The number of rotatable bonds is 10. The van der Waals surface area contributed by atoms with Crippen LogP contribution in [-0.4, -0.2) is 35.7 Å². The first kappa shape index (κ1) is 23.0. The minimum absolute atomic E-state index is 0.0630. The number of carboxylic acids is 1. The third-order valence-corrected chi connectivity index (χ3v) is 3.68. The van der Waals surface area contributed by atoms with Crippen LogP contribution < -0.4 is 10.6 Å². The molecular formula is C18H21F3N2O5. The average Bonchev–Trinajstić information content (AvgIpc) is 2.64. The second kappa shape index (κ2) is 11.0. The third-order valence-electron chi connectivity index (χ3n) is 3.68. The number of unbranched alkanes of at least 4 members (excludes halogenated alkanes) is 1. The Kier molecular flexibility index (Phi) is 9.00. The second-order valence-electron chi connectivity index (χ2n) is 5.76. The lowest BCUT2D eigenvalue weighted by molar-refractivity contribution is -0.139. The van der Waals surface area contributed by atoms with E-state index in [1.807, 2.05) is 0 Å². The summed E-state index contributed by atoms with van der Waals surface area (Å²) in [5.74, 6) is -1.65. The fraction of sp³-hybridized carbons (Fsp3) is 0.389. The van der Waals surface area contributed by atoms with E-state index >= 15 is 0 Å². The van der Waals surface area contributed by atoms with Crippen molar-refractivity contribution in [1.29, 1.82) is 0 Å². The van der Waals surface area contributed by atoms with Crippen LogP contribution in [0.1, 0.15) is 30.4 Å². The molecule has 1 aromatic carbocycles. The molecule has 0 spiro atoms. The maximum atomic E-state index is 12.9. The van der Waals surface area contributed by atoms with Gasteiger partial charge < -0.3 is 20.5 Å². The number of benzene rings is 1. The minimum Gasteiger partial charge on any atom is -0.480 e. The molecule has 0 aliphatic heterocycles. The van der Waals surface area contributed by atoms with Crippen LogP contribution in [0.15, 0.2) is 36.9 Å². The van der Waals surface area contributed by atoms with Crippen LogP contribution in [0.3, 0.4) is 0 Å². The normalized spacial score (nSPS) is 12.0. The Morgan fingerprint density at radius 2 is 1.89 bits per heavy atom. The quantitative estimate of drug-likeness (QED) is 0.412. The van der Waals surface area contributed by atoms with E-state index in [-0.39, 0.29) is 17.9 Å². The Hall–Kier alpha value is -3.04. The lowest BCUT2D eigenvalue weighted by atomic mass is 10.1. The number of carboxylic acid groups (broad SMARTS) is 1. The topological polar surface area (TPSA) is 105 Å². The van der Waals surface area contributed by atoms with E-state index in [9.17, 15) is 27.6 Å². The molecule has 3 N–H and O–H groups in total. The first-order valence-electron chi connectivity index (χ1n) is 8.36. The van der Waals surface area contributed by atoms with E-state index in [1.165, 1.54) is 18.2 Å². The number of amides is 2. The molecule has 0 saturated carbocycles. The maximum Gasteiger partial charge on any atom is 0.416 e. The number of aliphatic carboxylic acids is 1. The highest BCUT2D eigenvalue weighted by atomic mass is 19.4. The zero-order chi connectivity index (χ0) is 21.2. The predicted molar refractivity (Wildman–Crippen MR) is 93.2 cm³/mol. The molecule has 0 bridgehead atoms. The molecule has 1 aromatic rings. The molecule has 0 aliphatic rings. The lowest BCUT2D eigenvalue weighted by Gasteiger charge is -2.16. The van der Waals surface area contributed by atoms with E-state index in [0.717, 1.165) is 12.1 Å². The van der Waals surface area contributed by atoms with Gasteiger partial charge in [0.05, 0.1) is 5.56 Å². The largest absolute Gasteiger partial charge is 0.480 e. The SMILES string of the molecule is C=CC(=O)NCCCC[C@H](NC(=O)OCc1ccccc1C(F)(F)F)C(=O)O. The summed E-state index contributed by atoms with van der Waals surface area (Å²) in [5.41, 5.74) is -1.17. The van der Waals surface area contributed by atoms with E-state index in [2.05, 4.69) is 17.2 Å². The van der Waals surface area contributed by atoms with Crippen molar-refractivity contribution in [2.45, 2.75) is 38.1 Å². The first-order valence-corrected chi connectivity index (χ1v) is 8.36. The van der Waals surface area contributed by atoms with Gasteiger partial charge in [0, 0.05) is 12.1 Å². The second-order valence-corrected chi connectivity index (χ2v) is 5.76. The highest BCUT2D eigenvalue weighted by molar-refractivity contribution is 5.86. The summed E-state index contributed by atoms with van der Waals surface area (Å²) in [7, 11) is 0. The number of hydrogen-bond acceptors (Lipinski definition) is 4. The molecule has 0 fully saturated rings. The van der Waals surface area contributed by atoms with Gasteiger partial charge in [-0.25, -0.2) is 9.59 Å². The highest BCUT2D eigenvalue weighted by Gasteiger charge is 2.33. The van der Waals surface area contributed by atoms with Crippen LogP contribution in [0, 0.1) is 0 Å². The molecule has 0 aromatic heterocycles. The number of carbonyl (C=O) groups is 3. The fourth-order valence-electron chi connectivity index (χ4n) is 2.26. The number of halogens is 3. The van der Waals surface area contributed by atoms with E-state index in [0.29, 0.717) is 19.4 Å². The Morgan fingerprint density at radius 3 is 2.50 bits per heavy atom. The third kappa shape index (κ3) is 8.11. The Balaban J connectivity index is 2.50. The summed E-state index contributed by atoms with van der Waals surface area (Å²) in [6.07, 6.45) is -3.71. The van der Waals surface area contributed by atoms with Gasteiger partial charge in [0.15, 0.2) is 0 Å². The predicted octanol–water partition coefficient (Wildman–Crippen LogP) is 2.86. The molecule has 0 radical (unpaired) electrons. The van der Waals surface area contributed by atoms with Gasteiger partial charge >= 0.3 is 18.2 Å². The first-order chi connectivity index (χ1) is 13.1. The van der Waals surface area contributed by atoms with Crippen molar-refractivity contribution in [3.63, 3.8) is 0 Å². The zero-order valence-electron chi connectivity index (χ0n) is 14.9. The summed E-state index contributed by atoms with van der Waals surface area (Å²) in [6, 6.07) is 3.35. The van der Waals surface area contributed by atoms with Crippen molar-refractivity contribution in [3.05, 3.63) is 48.0 Å². The van der Waals surface area contributed by atoms with Crippen LogP contribution in [0.4, 0.5) is 18.0 Å². The fourth-order valence-corrected chi connectivity index (χ4v) is 2.26. The Morgan fingerprint density at radius 1 is 1.21 bits per heavy atom. The van der Waals surface area contributed by atoms with Crippen molar-refractivity contribution in [2.24, 2.45) is 0 Å². The van der Waals surface area contributed by atoms with E-state index < -0.39 is 36.5 Å². The number of alkyl carbamates (subject to hydrolysis) is 1. The van der Waals surface area contributed by atoms with Gasteiger partial charge in [0.25, 0.3) is 0 Å². The minimum atomic E-state index is -4.60. The van der Waals surface area contributed by atoms with Crippen LogP contribution in [0.25, 0.3) is 0 Å². The summed E-state index contributed by atoms with van der Waals surface area (Å²) in [5, 5.41) is 13.8. The average molecular weight is 402 g/mol. The summed E-state index contributed by atoms with van der Waals surface area (Å²) < 4.78 is 43.4. The van der Waals surface area contributed by atoms with Crippen LogP contribution in [0.2, 0.25) is 0 Å². The van der Waals surface area contributed by atoms with Crippen molar-refractivity contribution >= 4 is 18.0 Å². The van der Waals surface area contributed by atoms with Gasteiger partial charge in [0.1, 0.15) is 12.6 Å². The molecule has 0 unspecified atom stereocenters. The molecule has 7 nitrogen and oxygen atoms in total. The molecule has 28 heavy (non-hydrogen) atoms. The highest BCUT2D eigenvalue weighted by Crippen LogP contribution is 2.32. The van der Waals surface area contributed by atoms with Crippen LogP contribution in [-0.2, 0) is 27.1 Å². The van der Waals surface area contributed by atoms with Gasteiger partial charge in [-0.15, -0.1) is 0 Å². The summed E-state index contributed by atoms with van der Waals surface area (Å²) in [6.45, 7) is 2.95. The van der Waals surface area contributed by atoms with E-state index in [1.54, 1.807) is 0 Å². The molecule has 2 amide bonds. The van der Waals surface area contributed by atoms with Crippen molar-refractivity contribution in [1.82, 2.24) is 10.6 Å². The number of alkyl halides is 3. The number of ether oxygens (including phenoxy) is 1. The summed E-state index contributed by atoms with van der Waals surface area (Å²) in [4.78, 5) is 33.9. The molecule has 10 heteroatoms. The standard InChI is InChI=1S/C18H21F3N2O5/c1-2-15(24)22-10-6-5-9-14(16(25)26)23-17(27)28-11-12-7-3-4-8-13(12)18(19,20)21/h2-4,7-8,14H,1,5-6,9-11H2,(H,22,24)(H,23,27)(H,25,26)/t14-/m0/s1. The Labute approximate surface area is 159 Å². The number of hydrogen-bond donors (Lipinski definition) is 3. The smallest absolute Gasteiger partial charge is 0.416 e. The van der Waals surface area contributed by atoms with Crippen LogP contribution >= 0.6 is 0 Å². The summed E-state index contributed by atoms with van der Waals surface area (Å²) >= 11 is 0. The Bertz CT molecular complexity index is 707. The van der Waals surface area contributed by atoms with Gasteiger partial charge in [-0.3, -0.25) is 4.79 Å². The molecule has 0 saturated heterocycles. The van der Waals surface area contributed by atoms with Crippen molar-refractivity contribution in [2.75, 3.05) is 6.54 Å². The number of nitrogens with one attached hydrogen (secondary N) is 2. The van der Waals surface area contributed by atoms with Gasteiger partial charge in [-0.05, 0) is 31.4 Å². The molecule has 0 aliphatic carbocycles. The monoisotopic (exact) mass is 402 g/mol. The molecule has 1 rings (SSSR count). The number of carbonyl (C=O) groups excluding carboxylic acids is 2. The molecular weight excluding hydrogens is 381 g/mol. The molecule has 0 heterocycles. The maximum absolute atomic E-state index is 12.9.